The van der Waals surface area contributed by atoms with Gasteiger partial charge in [-0.05, 0) is 18.0 Å². The zero-order valence-electron chi connectivity index (χ0n) is 11.2. The van der Waals surface area contributed by atoms with E-state index in [0.717, 1.165) is 0 Å². The van der Waals surface area contributed by atoms with Crippen molar-refractivity contribution in [1.82, 2.24) is 10.1 Å². The zero-order valence-corrected chi connectivity index (χ0v) is 11.2. The van der Waals surface area contributed by atoms with E-state index in [1.807, 2.05) is 0 Å². The van der Waals surface area contributed by atoms with Crippen molar-refractivity contribution in [2.45, 2.75) is 31.7 Å². The SMILES string of the molecule is CN(CCCC(=O)O)c1noc(CC[C@H](N)C(=O)O)n1. The lowest BCUT2D eigenvalue weighted by Gasteiger charge is -2.12. The summed E-state index contributed by atoms with van der Waals surface area (Å²) in [6.07, 6.45) is 1.03. The van der Waals surface area contributed by atoms with E-state index in [1.54, 1.807) is 11.9 Å². The van der Waals surface area contributed by atoms with Crippen LogP contribution in [0.5, 0.6) is 0 Å². The molecular formula is C11H18N4O5. The summed E-state index contributed by atoms with van der Waals surface area (Å²) in [6, 6.07) is -0.960. The van der Waals surface area contributed by atoms with E-state index in [4.69, 9.17) is 20.5 Å². The first-order valence-electron chi connectivity index (χ1n) is 6.14. The highest BCUT2D eigenvalue weighted by molar-refractivity contribution is 5.73. The maximum absolute atomic E-state index is 10.6. The normalized spacial score (nSPS) is 12.1. The molecule has 0 bridgehead atoms. The van der Waals surface area contributed by atoms with Crippen molar-refractivity contribution in [1.29, 1.82) is 0 Å². The molecule has 9 heteroatoms. The third-order valence-electron chi connectivity index (χ3n) is 2.67. The second kappa shape index (κ2) is 7.43. The lowest BCUT2D eigenvalue weighted by molar-refractivity contribution is -0.139. The number of hydrogen-bond acceptors (Lipinski definition) is 7. The second-order valence-corrected chi connectivity index (χ2v) is 4.39. The molecule has 0 spiro atoms. The average Bonchev–Trinajstić information content (AvgIpc) is 2.84. The standard InChI is InChI=1S/C11H18N4O5/c1-15(6-2-3-9(16)17)11-13-8(20-14-11)5-4-7(12)10(18)19/h7H,2-6,12H2,1H3,(H,16,17)(H,18,19)/t7-/m0/s1. The summed E-state index contributed by atoms with van der Waals surface area (Å²) in [6.45, 7) is 0.486. The van der Waals surface area contributed by atoms with Crippen molar-refractivity contribution in [2.24, 2.45) is 5.73 Å². The Morgan fingerprint density at radius 3 is 2.75 bits per heavy atom. The van der Waals surface area contributed by atoms with Gasteiger partial charge >= 0.3 is 11.9 Å². The van der Waals surface area contributed by atoms with Gasteiger partial charge in [-0.2, -0.15) is 4.98 Å². The molecule has 0 saturated carbocycles. The van der Waals surface area contributed by atoms with Gasteiger partial charge in [0.05, 0.1) is 0 Å². The molecule has 20 heavy (non-hydrogen) atoms. The molecule has 1 rings (SSSR count). The van der Waals surface area contributed by atoms with Gasteiger partial charge in [0.2, 0.25) is 5.89 Å². The van der Waals surface area contributed by atoms with Crippen LogP contribution in [-0.4, -0.2) is 51.9 Å². The monoisotopic (exact) mass is 286 g/mol. The van der Waals surface area contributed by atoms with Crippen LogP contribution in [0.4, 0.5) is 5.95 Å². The highest BCUT2D eigenvalue weighted by Gasteiger charge is 2.15. The number of nitrogens with zero attached hydrogens (tertiary/aromatic N) is 3. The summed E-state index contributed by atoms with van der Waals surface area (Å²) < 4.78 is 4.98. The topological polar surface area (TPSA) is 143 Å². The van der Waals surface area contributed by atoms with E-state index >= 15 is 0 Å². The van der Waals surface area contributed by atoms with Crippen molar-refractivity contribution in [2.75, 3.05) is 18.5 Å². The van der Waals surface area contributed by atoms with Gasteiger partial charge in [-0.15, -0.1) is 0 Å². The Labute approximate surface area is 115 Å². The van der Waals surface area contributed by atoms with E-state index < -0.39 is 18.0 Å². The van der Waals surface area contributed by atoms with Crippen molar-refractivity contribution < 1.29 is 24.3 Å². The number of aromatic nitrogens is 2. The summed E-state index contributed by atoms with van der Waals surface area (Å²) in [5, 5.41) is 20.9. The molecule has 0 fully saturated rings. The molecule has 1 aromatic rings. The smallest absolute Gasteiger partial charge is 0.320 e. The Bertz CT molecular complexity index is 461. The van der Waals surface area contributed by atoms with Gasteiger partial charge in [0, 0.05) is 26.4 Å². The van der Waals surface area contributed by atoms with Gasteiger partial charge in [0.15, 0.2) is 0 Å². The zero-order chi connectivity index (χ0) is 15.1. The third kappa shape index (κ3) is 5.22. The molecule has 0 aliphatic rings. The van der Waals surface area contributed by atoms with Crippen molar-refractivity contribution in [3.63, 3.8) is 0 Å². The summed E-state index contributed by atoms with van der Waals surface area (Å²) in [5.74, 6) is -1.28. The quantitative estimate of drug-likeness (QED) is 0.558. The van der Waals surface area contributed by atoms with Gasteiger partial charge in [-0.1, -0.05) is 0 Å². The molecule has 0 unspecified atom stereocenters. The summed E-state index contributed by atoms with van der Waals surface area (Å²) in [7, 11) is 1.72. The number of carbonyl (C=O) groups is 2. The minimum absolute atomic E-state index is 0.0719. The highest BCUT2D eigenvalue weighted by atomic mass is 16.5. The van der Waals surface area contributed by atoms with Gasteiger partial charge in [-0.25, -0.2) is 0 Å². The van der Waals surface area contributed by atoms with Crippen LogP contribution >= 0.6 is 0 Å². The van der Waals surface area contributed by atoms with Gasteiger partial charge in [0.1, 0.15) is 6.04 Å². The Kier molecular flexibility index (Phi) is 5.91. The number of nitrogens with two attached hydrogens (primary N) is 1. The Balaban J connectivity index is 2.41. The van der Waals surface area contributed by atoms with Crippen LogP contribution in [0.15, 0.2) is 4.52 Å². The Morgan fingerprint density at radius 1 is 1.45 bits per heavy atom. The minimum atomic E-state index is -1.07. The van der Waals surface area contributed by atoms with Crippen molar-refractivity contribution in [3.05, 3.63) is 5.89 Å². The van der Waals surface area contributed by atoms with E-state index in [0.29, 0.717) is 24.8 Å². The van der Waals surface area contributed by atoms with Crippen LogP contribution in [0.25, 0.3) is 0 Å². The predicted octanol–water partition coefficient (Wildman–Crippen LogP) is -0.285. The van der Waals surface area contributed by atoms with Crippen LogP contribution in [0, 0.1) is 0 Å². The fraction of sp³-hybridized carbons (Fsp3) is 0.636. The van der Waals surface area contributed by atoms with Crippen molar-refractivity contribution >= 4 is 17.9 Å². The summed E-state index contributed by atoms with van der Waals surface area (Å²) in [5.41, 5.74) is 5.37. The number of rotatable bonds is 9. The van der Waals surface area contributed by atoms with Crippen molar-refractivity contribution in [3.8, 4) is 0 Å². The number of hydrogen-bond donors (Lipinski definition) is 3. The first-order valence-corrected chi connectivity index (χ1v) is 6.14. The number of aliphatic carboxylic acids is 2. The predicted molar refractivity (Wildman–Crippen MR) is 68.4 cm³/mol. The fourth-order valence-electron chi connectivity index (χ4n) is 1.47. The second-order valence-electron chi connectivity index (χ2n) is 4.39. The van der Waals surface area contributed by atoms with Crippen LogP contribution in [0.1, 0.15) is 25.2 Å². The number of carboxylic acid groups (broad SMARTS) is 2. The average molecular weight is 286 g/mol. The molecule has 0 aliphatic carbocycles. The highest BCUT2D eigenvalue weighted by Crippen LogP contribution is 2.10. The number of aryl methyl sites for hydroxylation is 1. The van der Waals surface area contributed by atoms with E-state index in [-0.39, 0.29) is 19.3 Å². The molecule has 1 aromatic heterocycles. The first kappa shape index (κ1) is 15.9. The van der Waals surface area contributed by atoms with E-state index in [2.05, 4.69) is 10.1 Å². The fourth-order valence-corrected chi connectivity index (χ4v) is 1.47. The number of anilines is 1. The molecule has 112 valence electrons. The Morgan fingerprint density at radius 2 is 2.15 bits per heavy atom. The molecule has 4 N–H and O–H groups in total. The number of carboxylic acids is 2. The Hall–Kier alpha value is -2.16. The van der Waals surface area contributed by atoms with Crippen LogP contribution < -0.4 is 10.6 Å². The molecule has 0 saturated heterocycles. The molecule has 0 aromatic carbocycles. The minimum Gasteiger partial charge on any atom is -0.481 e. The van der Waals surface area contributed by atoms with Crippen LogP contribution in [0.3, 0.4) is 0 Å². The van der Waals surface area contributed by atoms with Gasteiger partial charge < -0.3 is 25.4 Å². The summed E-state index contributed by atoms with van der Waals surface area (Å²) in [4.78, 5) is 26.7. The lowest BCUT2D eigenvalue weighted by Crippen LogP contribution is -2.30. The molecule has 1 heterocycles. The lowest BCUT2D eigenvalue weighted by atomic mass is 10.2. The summed E-state index contributed by atoms with van der Waals surface area (Å²) >= 11 is 0. The van der Waals surface area contributed by atoms with E-state index in [1.165, 1.54) is 0 Å². The molecule has 1 atom stereocenters. The third-order valence-corrected chi connectivity index (χ3v) is 2.67. The van der Waals surface area contributed by atoms with Crippen LogP contribution in [-0.2, 0) is 16.0 Å². The molecular weight excluding hydrogens is 268 g/mol. The van der Waals surface area contributed by atoms with Gasteiger partial charge in [0.25, 0.3) is 5.95 Å². The largest absolute Gasteiger partial charge is 0.481 e. The maximum atomic E-state index is 10.6. The maximum Gasteiger partial charge on any atom is 0.320 e. The van der Waals surface area contributed by atoms with Gasteiger partial charge in [-0.3, -0.25) is 9.59 Å². The molecule has 0 amide bonds. The molecule has 0 aliphatic heterocycles. The van der Waals surface area contributed by atoms with Crippen LogP contribution in [0.2, 0.25) is 0 Å². The first-order chi connectivity index (χ1) is 9.40. The van der Waals surface area contributed by atoms with E-state index in [9.17, 15) is 9.59 Å². The molecule has 9 nitrogen and oxygen atoms in total. The molecule has 0 radical (unpaired) electrons.